The molecule has 0 saturated heterocycles. The third-order valence-electron chi connectivity index (χ3n) is 5.02. The Balaban J connectivity index is 2.32. The van der Waals surface area contributed by atoms with Crippen LogP contribution in [-0.2, 0) is 23.0 Å². The zero-order valence-electron chi connectivity index (χ0n) is 17.6. The van der Waals surface area contributed by atoms with Gasteiger partial charge in [0.25, 0.3) is 0 Å². The van der Waals surface area contributed by atoms with Crippen molar-refractivity contribution in [2.45, 2.75) is 44.5 Å². The van der Waals surface area contributed by atoms with Gasteiger partial charge in [0.1, 0.15) is 21.4 Å². The van der Waals surface area contributed by atoms with Crippen LogP contribution in [0.1, 0.15) is 37.3 Å². The molecule has 0 radical (unpaired) electrons. The number of hydrogen-bond acceptors (Lipinski definition) is 4. The molecular formula is C23H32N2O3S. The molecule has 2 aromatic rings. The molecule has 0 bridgehead atoms. The number of benzene rings is 2. The summed E-state index contributed by atoms with van der Waals surface area (Å²) in [5.41, 5.74) is 2.00. The quantitative estimate of drug-likeness (QED) is 0.470. The van der Waals surface area contributed by atoms with Gasteiger partial charge >= 0.3 is 0 Å². The summed E-state index contributed by atoms with van der Waals surface area (Å²) in [7, 11) is 0.274. The number of allylic oxidation sites excluding steroid dienone is 1. The van der Waals surface area contributed by atoms with Gasteiger partial charge in [-0.25, -0.2) is 13.3 Å². The van der Waals surface area contributed by atoms with Crippen molar-refractivity contribution in [3.05, 3.63) is 72.3 Å². The van der Waals surface area contributed by atoms with Crippen LogP contribution in [0.3, 0.4) is 0 Å². The van der Waals surface area contributed by atoms with E-state index in [0.29, 0.717) is 25.9 Å². The highest BCUT2D eigenvalue weighted by Crippen LogP contribution is 2.24. The van der Waals surface area contributed by atoms with Crippen LogP contribution in [0.15, 0.2) is 61.2 Å². The van der Waals surface area contributed by atoms with Crippen molar-refractivity contribution in [1.29, 1.82) is 4.78 Å². The summed E-state index contributed by atoms with van der Waals surface area (Å²) in [4.78, 5) is 0. The van der Waals surface area contributed by atoms with Crippen molar-refractivity contribution in [3.63, 3.8) is 0 Å². The Morgan fingerprint density at radius 3 is 1.79 bits per heavy atom. The van der Waals surface area contributed by atoms with E-state index in [1.54, 1.807) is 18.5 Å². The van der Waals surface area contributed by atoms with Gasteiger partial charge in [0, 0.05) is 13.1 Å². The molecule has 2 rings (SSSR count). The summed E-state index contributed by atoms with van der Waals surface area (Å²) in [6.45, 7) is 6.64. The Kier molecular flexibility index (Phi) is 8.73. The molecule has 0 aliphatic carbocycles. The topological polar surface area (TPSA) is 62.6 Å². The van der Waals surface area contributed by atoms with Gasteiger partial charge in [-0.05, 0) is 54.7 Å². The van der Waals surface area contributed by atoms with Crippen LogP contribution >= 0.6 is 0 Å². The summed E-state index contributed by atoms with van der Waals surface area (Å²) in [5.74, 6) is 1.55. The fourth-order valence-corrected chi connectivity index (χ4v) is 5.23. The highest BCUT2D eigenvalue weighted by molar-refractivity contribution is 7.90. The summed E-state index contributed by atoms with van der Waals surface area (Å²) in [6.07, 6.45) is 3.98. The van der Waals surface area contributed by atoms with E-state index in [0.717, 1.165) is 29.0 Å². The average Bonchev–Trinajstić information content (AvgIpc) is 2.74. The molecule has 0 aliphatic rings. The van der Waals surface area contributed by atoms with Crippen LogP contribution < -0.4 is 9.47 Å². The Bertz CT molecular complexity index is 813. The SMILES string of the molecule is C=CCC[C@H](CC)S(=N)(=O)N(Cc1ccc(OC)cc1)Cc1ccc(OC)cc1. The van der Waals surface area contributed by atoms with Crippen molar-refractivity contribution >= 4 is 9.92 Å². The van der Waals surface area contributed by atoms with Gasteiger partial charge in [-0.15, -0.1) is 6.58 Å². The lowest BCUT2D eigenvalue weighted by Crippen LogP contribution is -2.37. The minimum atomic E-state index is -2.99. The second-order valence-electron chi connectivity index (χ2n) is 6.96. The molecule has 5 nitrogen and oxygen atoms in total. The highest BCUT2D eigenvalue weighted by atomic mass is 32.2. The molecule has 0 fully saturated rings. The maximum absolute atomic E-state index is 13.7. The maximum atomic E-state index is 13.7. The Morgan fingerprint density at radius 1 is 1.00 bits per heavy atom. The van der Waals surface area contributed by atoms with E-state index in [1.165, 1.54) is 0 Å². The largest absolute Gasteiger partial charge is 0.497 e. The van der Waals surface area contributed by atoms with E-state index >= 15 is 0 Å². The van der Waals surface area contributed by atoms with Gasteiger partial charge in [-0.1, -0.05) is 37.3 Å². The van der Waals surface area contributed by atoms with Gasteiger partial charge < -0.3 is 9.47 Å². The van der Waals surface area contributed by atoms with Crippen molar-refractivity contribution in [1.82, 2.24) is 4.31 Å². The molecule has 1 N–H and O–H groups in total. The maximum Gasteiger partial charge on any atom is 0.118 e. The highest BCUT2D eigenvalue weighted by Gasteiger charge is 2.27. The van der Waals surface area contributed by atoms with E-state index in [9.17, 15) is 4.21 Å². The molecule has 1 unspecified atom stereocenters. The normalized spacial score (nSPS) is 14.2. The first-order valence-electron chi connectivity index (χ1n) is 9.84. The van der Waals surface area contributed by atoms with Crippen LogP contribution in [0, 0.1) is 4.78 Å². The van der Waals surface area contributed by atoms with Crippen LogP contribution in [-0.4, -0.2) is 28.0 Å². The molecule has 0 amide bonds. The monoisotopic (exact) mass is 416 g/mol. The van der Waals surface area contributed by atoms with E-state index in [-0.39, 0.29) is 5.25 Å². The molecular weight excluding hydrogens is 384 g/mol. The van der Waals surface area contributed by atoms with Gasteiger partial charge in [-0.3, -0.25) is 0 Å². The Labute approximate surface area is 175 Å². The van der Waals surface area contributed by atoms with Gasteiger partial charge in [0.15, 0.2) is 0 Å². The number of nitrogens with zero attached hydrogens (tertiary/aromatic N) is 1. The van der Waals surface area contributed by atoms with Crippen LogP contribution in [0.5, 0.6) is 11.5 Å². The number of methoxy groups -OCH3 is 2. The van der Waals surface area contributed by atoms with Crippen LogP contribution in [0.4, 0.5) is 0 Å². The van der Waals surface area contributed by atoms with E-state index in [4.69, 9.17) is 14.3 Å². The first kappa shape index (κ1) is 23.0. The third-order valence-corrected chi connectivity index (χ3v) is 7.52. The fraction of sp³-hybridized carbons (Fsp3) is 0.391. The summed E-state index contributed by atoms with van der Waals surface area (Å²) in [6, 6.07) is 15.4. The lowest BCUT2D eigenvalue weighted by molar-refractivity contribution is 0.407. The van der Waals surface area contributed by atoms with Gasteiger partial charge in [0.05, 0.1) is 19.5 Å². The molecule has 2 atom stereocenters. The fourth-order valence-electron chi connectivity index (χ4n) is 3.22. The van der Waals surface area contributed by atoms with E-state index < -0.39 is 9.92 Å². The summed E-state index contributed by atoms with van der Waals surface area (Å²) >= 11 is 0. The lowest BCUT2D eigenvalue weighted by atomic mass is 10.2. The van der Waals surface area contributed by atoms with E-state index in [2.05, 4.69) is 6.58 Å². The van der Waals surface area contributed by atoms with Gasteiger partial charge in [0.2, 0.25) is 0 Å². The first-order chi connectivity index (χ1) is 13.9. The van der Waals surface area contributed by atoms with Crippen molar-refractivity contribution in [2.24, 2.45) is 0 Å². The summed E-state index contributed by atoms with van der Waals surface area (Å²) < 4.78 is 34.8. The molecule has 2 aromatic carbocycles. The minimum absolute atomic E-state index is 0.211. The zero-order valence-corrected chi connectivity index (χ0v) is 18.4. The predicted octanol–water partition coefficient (Wildman–Crippen LogP) is 5.41. The van der Waals surface area contributed by atoms with Crippen molar-refractivity contribution in [2.75, 3.05) is 14.2 Å². The Hall–Kier alpha value is -2.31. The van der Waals surface area contributed by atoms with Crippen LogP contribution in [0.25, 0.3) is 0 Å². The smallest absolute Gasteiger partial charge is 0.118 e. The number of nitrogens with one attached hydrogen (secondary N) is 1. The second-order valence-corrected chi connectivity index (χ2v) is 9.28. The number of hydrogen-bond donors (Lipinski definition) is 1. The third kappa shape index (κ3) is 6.34. The summed E-state index contributed by atoms with van der Waals surface area (Å²) in [5, 5.41) is -0.211. The minimum Gasteiger partial charge on any atom is -0.497 e. The molecule has 0 spiro atoms. The first-order valence-corrected chi connectivity index (χ1v) is 11.4. The second kappa shape index (κ2) is 11.0. The molecule has 6 heteroatoms. The standard InChI is InChI=1S/C23H32N2O3S/c1-5-7-8-23(6-2)29(24,26)25(17-19-9-13-21(27-3)14-10-19)18-20-11-15-22(28-4)16-12-20/h5,9-16,23-24H,1,6-8,17-18H2,2-4H3/t23-,29?/m0/s1. The molecule has 158 valence electrons. The predicted molar refractivity (Wildman–Crippen MR) is 120 cm³/mol. The molecule has 0 aliphatic heterocycles. The van der Waals surface area contributed by atoms with Crippen molar-refractivity contribution < 1.29 is 13.7 Å². The molecule has 29 heavy (non-hydrogen) atoms. The molecule has 0 heterocycles. The number of rotatable bonds is 12. The lowest BCUT2D eigenvalue weighted by Gasteiger charge is -2.30. The molecule has 0 saturated carbocycles. The zero-order chi connectivity index (χ0) is 21.3. The van der Waals surface area contributed by atoms with Crippen molar-refractivity contribution in [3.8, 4) is 11.5 Å². The molecule has 0 aromatic heterocycles. The van der Waals surface area contributed by atoms with Crippen LogP contribution in [0.2, 0.25) is 0 Å². The van der Waals surface area contributed by atoms with Gasteiger partial charge in [-0.2, -0.15) is 0 Å². The average molecular weight is 417 g/mol. The number of ether oxygens (including phenoxy) is 2. The Morgan fingerprint density at radius 2 is 1.45 bits per heavy atom. The van der Waals surface area contributed by atoms with E-state index in [1.807, 2.05) is 61.5 Å².